The number of hydrogen-bond acceptors (Lipinski definition) is 3. The Balaban J connectivity index is 1.65. The minimum absolute atomic E-state index is 0.0729. The molecule has 0 aliphatic carbocycles. The van der Waals surface area contributed by atoms with Crippen LogP contribution in [0.2, 0.25) is 5.02 Å². The lowest BCUT2D eigenvalue weighted by molar-refractivity contribution is -0.0503. The van der Waals surface area contributed by atoms with Crippen molar-refractivity contribution in [2.45, 2.75) is 6.61 Å². The van der Waals surface area contributed by atoms with Gasteiger partial charge >= 0.3 is 6.61 Å². The molecule has 0 bridgehead atoms. The summed E-state index contributed by atoms with van der Waals surface area (Å²) in [7, 11) is 0. The first-order valence-electron chi connectivity index (χ1n) is 7.92. The predicted octanol–water partition coefficient (Wildman–Crippen LogP) is 2.87. The molecule has 0 saturated carbocycles. The molecule has 138 valence electrons. The lowest BCUT2D eigenvalue weighted by atomic mass is 10.1. The Morgan fingerprint density at radius 2 is 1.69 bits per heavy atom. The summed E-state index contributed by atoms with van der Waals surface area (Å²) in [6, 6.07) is 7.42. The van der Waals surface area contributed by atoms with E-state index >= 15 is 0 Å². The van der Waals surface area contributed by atoms with Gasteiger partial charge in [0, 0.05) is 32.4 Å². The van der Waals surface area contributed by atoms with Gasteiger partial charge in [-0.05, 0) is 18.2 Å². The third-order valence-electron chi connectivity index (χ3n) is 4.07. The van der Waals surface area contributed by atoms with Crippen LogP contribution in [0.15, 0.2) is 36.5 Å². The third kappa shape index (κ3) is 3.96. The minimum Gasteiger partial charge on any atom is -0.434 e. The van der Waals surface area contributed by atoms with E-state index in [0.29, 0.717) is 36.9 Å². The number of ether oxygens (including phenoxy) is 1. The maximum Gasteiger partial charge on any atom is 0.387 e. The fourth-order valence-electron chi connectivity index (χ4n) is 2.79. The number of amides is 2. The molecule has 0 spiro atoms. The highest BCUT2D eigenvalue weighted by molar-refractivity contribution is 6.30. The average Bonchev–Trinajstić information content (AvgIpc) is 3.07. The van der Waals surface area contributed by atoms with Gasteiger partial charge in [0.05, 0.1) is 10.6 Å². The van der Waals surface area contributed by atoms with Gasteiger partial charge in [0.2, 0.25) is 0 Å². The molecule has 26 heavy (non-hydrogen) atoms. The lowest BCUT2D eigenvalue weighted by Crippen LogP contribution is -2.50. The molecule has 1 fully saturated rings. The number of hydrogen-bond donors (Lipinski definition) is 1. The van der Waals surface area contributed by atoms with E-state index in [1.54, 1.807) is 17.0 Å². The van der Waals surface area contributed by atoms with Crippen LogP contribution in [-0.4, -0.2) is 59.4 Å². The monoisotopic (exact) mass is 383 g/mol. The molecule has 3 rings (SSSR count). The fourth-order valence-corrected chi connectivity index (χ4v) is 2.95. The van der Waals surface area contributed by atoms with Gasteiger partial charge in [0.1, 0.15) is 11.4 Å². The van der Waals surface area contributed by atoms with E-state index in [2.05, 4.69) is 9.72 Å². The highest BCUT2D eigenvalue weighted by atomic mass is 35.5. The van der Waals surface area contributed by atoms with E-state index in [9.17, 15) is 18.4 Å². The second-order valence-corrected chi connectivity index (χ2v) is 6.13. The Morgan fingerprint density at radius 1 is 1.08 bits per heavy atom. The van der Waals surface area contributed by atoms with Crippen LogP contribution in [0.25, 0.3) is 0 Å². The van der Waals surface area contributed by atoms with Gasteiger partial charge in [-0.15, -0.1) is 0 Å². The molecule has 0 radical (unpaired) electrons. The van der Waals surface area contributed by atoms with Crippen molar-refractivity contribution in [1.29, 1.82) is 0 Å². The normalized spacial score (nSPS) is 14.6. The third-order valence-corrected chi connectivity index (χ3v) is 4.28. The number of H-pyrrole nitrogens is 1. The molecule has 1 aromatic heterocycles. The summed E-state index contributed by atoms with van der Waals surface area (Å²) in [5, 5.41) is 0.442. The summed E-state index contributed by atoms with van der Waals surface area (Å²) < 4.78 is 29.4. The SMILES string of the molecule is O=C(c1cc(Cl)c[nH]1)N1CCN(C(=O)c2ccccc2OC(F)F)CC1. The van der Waals surface area contributed by atoms with E-state index < -0.39 is 12.5 Å². The molecule has 2 aromatic rings. The van der Waals surface area contributed by atoms with Crippen molar-refractivity contribution in [3.05, 3.63) is 52.8 Å². The Labute approximate surface area is 153 Å². The van der Waals surface area contributed by atoms with Crippen molar-refractivity contribution in [2.24, 2.45) is 0 Å². The molecule has 9 heteroatoms. The summed E-state index contributed by atoms with van der Waals surface area (Å²) in [5.74, 6) is -0.770. The first kappa shape index (κ1) is 18.2. The number of nitrogens with zero attached hydrogens (tertiary/aromatic N) is 2. The smallest absolute Gasteiger partial charge is 0.387 e. The topological polar surface area (TPSA) is 65.6 Å². The summed E-state index contributed by atoms with van der Waals surface area (Å²) in [4.78, 5) is 30.9. The number of halogens is 3. The molecule has 2 amide bonds. The van der Waals surface area contributed by atoms with Crippen LogP contribution < -0.4 is 4.74 Å². The summed E-state index contributed by atoms with van der Waals surface area (Å²) in [6.07, 6.45) is 1.52. The Kier molecular flexibility index (Phi) is 5.41. The van der Waals surface area contributed by atoms with Crippen molar-refractivity contribution in [3.63, 3.8) is 0 Å². The van der Waals surface area contributed by atoms with Gasteiger partial charge in [-0.2, -0.15) is 8.78 Å². The average molecular weight is 384 g/mol. The number of para-hydroxylation sites is 1. The molecule has 1 saturated heterocycles. The molecule has 0 atom stereocenters. The van der Waals surface area contributed by atoms with Crippen molar-refractivity contribution in [2.75, 3.05) is 26.2 Å². The van der Waals surface area contributed by atoms with Crippen molar-refractivity contribution < 1.29 is 23.1 Å². The number of alkyl halides is 2. The molecule has 1 aromatic carbocycles. The molecular weight excluding hydrogens is 368 g/mol. The Bertz CT molecular complexity index is 804. The van der Waals surface area contributed by atoms with E-state index in [0.717, 1.165) is 0 Å². The van der Waals surface area contributed by atoms with Gasteiger partial charge in [-0.25, -0.2) is 0 Å². The van der Waals surface area contributed by atoms with E-state index in [-0.39, 0.29) is 17.2 Å². The minimum atomic E-state index is -3.01. The van der Waals surface area contributed by atoms with Crippen LogP contribution in [0, 0.1) is 0 Å². The standard InChI is InChI=1S/C17H16ClF2N3O3/c18-11-9-13(21-10-11)16(25)23-7-5-22(6-8-23)15(24)12-3-1-2-4-14(12)26-17(19)20/h1-4,9-10,17,21H,5-8H2. The summed E-state index contributed by atoms with van der Waals surface area (Å²) >= 11 is 5.81. The summed E-state index contributed by atoms with van der Waals surface area (Å²) in [6.45, 7) is -1.76. The first-order valence-corrected chi connectivity index (χ1v) is 8.30. The number of carbonyl (C=O) groups excluding carboxylic acids is 2. The van der Waals surface area contributed by atoms with Gasteiger partial charge in [0.15, 0.2) is 0 Å². The van der Waals surface area contributed by atoms with Crippen molar-refractivity contribution in [1.82, 2.24) is 14.8 Å². The lowest BCUT2D eigenvalue weighted by Gasteiger charge is -2.34. The molecule has 6 nitrogen and oxygen atoms in total. The maximum absolute atomic E-state index is 12.6. The molecule has 0 unspecified atom stereocenters. The second kappa shape index (κ2) is 7.74. The van der Waals surface area contributed by atoms with E-state index in [1.165, 1.54) is 29.3 Å². The molecule has 1 aliphatic rings. The van der Waals surface area contributed by atoms with Crippen LogP contribution in [-0.2, 0) is 0 Å². The number of piperazine rings is 1. The van der Waals surface area contributed by atoms with Crippen LogP contribution >= 0.6 is 11.6 Å². The van der Waals surface area contributed by atoms with Gasteiger partial charge in [-0.1, -0.05) is 23.7 Å². The number of aromatic nitrogens is 1. The van der Waals surface area contributed by atoms with Crippen molar-refractivity contribution in [3.8, 4) is 5.75 Å². The first-order chi connectivity index (χ1) is 12.5. The molecule has 1 aliphatic heterocycles. The highest BCUT2D eigenvalue weighted by Gasteiger charge is 2.27. The van der Waals surface area contributed by atoms with Crippen molar-refractivity contribution >= 4 is 23.4 Å². The summed E-state index contributed by atoms with van der Waals surface area (Å²) in [5.41, 5.74) is 0.453. The van der Waals surface area contributed by atoms with E-state index in [4.69, 9.17) is 11.6 Å². The second-order valence-electron chi connectivity index (χ2n) is 5.69. The van der Waals surface area contributed by atoms with Gasteiger partial charge < -0.3 is 19.5 Å². The zero-order valence-corrected chi connectivity index (χ0v) is 14.4. The van der Waals surface area contributed by atoms with Crippen LogP contribution in [0.3, 0.4) is 0 Å². The largest absolute Gasteiger partial charge is 0.434 e. The van der Waals surface area contributed by atoms with Crippen LogP contribution in [0.1, 0.15) is 20.8 Å². The number of carbonyl (C=O) groups is 2. The number of benzene rings is 1. The maximum atomic E-state index is 12.6. The zero-order chi connectivity index (χ0) is 18.7. The Morgan fingerprint density at radius 3 is 2.27 bits per heavy atom. The quantitative estimate of drug-likeness (QED) is 0.883. The van der Waals surface area contributed by atoms with Crippen LogP contribution in [0.4, 0.5) is 8.78 Å². The number of rotatable bonds is 4. The molecule has 1 N–H and O–H groups in total. The fraction of sp³-hybridized carbons (Fsp3) is 0.294. The highest BCUT2D eigenvalue weighted by Crippen LogP contribution is 2.23. The predicted molar refractivity (Wildman–Crippen MR) is 90.7 cm³/mol. The van der Waals surface area contributed by atoms with Gasteiger partial charge in [0.25, 0.3) is 11.8 Å². The van der Waals surface area contributed by atoms with Gasteiger partial charge in [-0.3, -0.25) is 9.59 Å². The van der Waals surface area contributed by atoms with E-state index in [1.807, 2.05) is 0 Å². The Hall–Kier alpha value is -2.61. The molecule has 2 heterocycles. The van der Waals surface area contributed by atoms with Crippen LogP contribution in [0.5, 0.6) is 5.75 Å². The zero-order valence-electron chi connectivity index (χ0n) is 13.6. The number of aromatic amines is 1. The number of nitrogens with one attached hydrogen (secondary N) is 1. The molecular formula is C17H16ClF2N3O3.